The van der Waals surface area contributed by atoms with Crippen LogP contribution in [0.3, 0.4) is 0 Å². The first kappa shape index (κ1) is 19.8. The number of methoxy groups -OCH3 is 1. The second kappa shape index (κ2) is 9.32. The lowest BCUT2D eigenvalue weighted by Crippen LogP contribution is -2.29. The van der Waals surface area contributed by atoms with Crippen LogP contribution in [0, 0.1) is 0 Å². The third kappa shape index (κ3) is 4.55. The molecule has 0 bridgehead atoms. The van der Waals surface area contributed by atoms with E-state index in [-0.39, 0.29) is 5.91 Å². The molecule has 30 heavy (non-hydrogen) atoms. The molecule has 0 unspecified atom stereocenters. The van der Waals surface area contributed by atoms with E-state index in [1.54, 1.807) is 43.2 Å². The van der Waals surface area contributed by atoms with Gasteiger partial charge in [-0.15, -0.1) is 11.3 Å². The fraction of sp³-hybridized carbons (Fsp3) is 0.182. The van der Waals surface area contributed by atoms with E-state index in [0.29, 0.717) is 19.5 Å². The van der Waals surface area contributed by atoms with Gasteiger partial charge in [-0.3, -0.25) is 19.4 Å². The molecule has 1 N–H and O–H groups in total. The highest BCUT2D eigenvalue weighted by Crippen LogP contribution is 2.33. The van der Waals surface area contributed by atoms with Crippen LogP contribution in [0.1, 0.15) is 5.56 Å². The summed E-state index contributed by atoms with van der Waals surface area (Å²) in [4.78, 5) is 22.0. The van der Waals surface area contributed by atoms with Gasteiger partial charge in [0.2, 0.25) is 5.91 Å². The fourth-order valence-electron chi connectivity index (χ4n) is 3.19. The largest absolute Gasteiger partial charge is 0.497 e. The summed E-state index contributed by atoms with van der Waals surface area (Å²) in [7, 11) is 1.61. The number of thiophene rings is 1. The molecule has 7 nitrogen and oxygen atoms in total. The fourth-order valence-corrected chi connectivity index (χ4v) is 3.97. The first-order chi connectivity index (χ1) is 14.7. The minimum absolute atomic E-state index is 0.0396. The van der Waals surface area contributed by atoms with Crippen molar-refractivity contribution in [3.05, 3.63) is 72.1 Å². The van der Waals surface area contributed by atoms with Crippen LogP contribution in [0.15, 0.2) is 66.6 Å². The average Bonchev–Trinajstić information content (AvgIpc) is 3.44. The Kier molecular flexibility index (Phi) is 6.14. The van der Waals surface area contributed by atoms with Crippen molar-refractivity contribution in [2.24, 2.45) is 0 Å². The molecular weight excluding hydrogens is 398 g/mol. The van der Waals surface area contributed by atoms with E-state index in [4.69, 9.17) is 4.74 Å². The van der Waals surface area contributed by atoms with Gasteiger partial charge in [0.05, 0.1) is 48.7 Å². The number of ether oxygens (including phenoxy) is 1. The van der Waals surface area contributed by atoms with Gasteiger partial charge < -0.3 is 10.1 Å². The summed E-state index contributed by atoms with van der Waals surface area (Å²) in [5.74, 6) is 0.705. The third-order valence-electron chi connectivity index (χ3n) is 4.58. The Hall–Kier alpha value is -3.52. The zero-order chi connectivity index (χ0) is 20.8. The highest BCUT2D eigenvalue weighted by molar-refractivity contribution is 7.13. The molecule has 152 valence electrons. The zero-order valence-electron chi connectivity index (χ0n) is 16.5. The highest BCUT2D eigenvalue weighted by Gasteiger charge is 2.16. The molecule has 0 saturated carbocycles. The van der Waals surface area contributed by atoms with Crippen molar-refractivity contribution in [3.8, 4) is 27.6 Å². The molecule has 0 fully saturated rings. The Bertz CT molecular complexity index is 1110. The number of benzene rings is 1. The van der Waals surface area contributed by atoms with E-state index in [1.807, 2.05) is 40.4 Å². The van der Waals surface area contributed by atoms with Gasteiger partial charge in [-0.1, -0.05) is 18.2 Å². The Morgan fingerprint density at radius 1 is 1.20 bits per heavy atom. The lowest BCUT2D eigenvalue weighted by Gasteiger charge is -2.10. The first-order valence-electron chi connectivity index (χ1n) is 9.50. The standard InChI is InChI=1S/C22H21N5O2S/c1-29-17-5-2-4-16(12-17)13-21(28)25-9-10-27-22(20-6-3-11-30-20)18(14-26-27)19-15-23-7-8-24-19/h2-8,11-12,14-15H,9-10,13H2,1H3,(H,25,28). The van der Waals surface area contributed by atoms with Crippen LogP contribution in [0.25, 0.3) is 21.8 Å². The first-order valence-corrected chi connectivity index (χ1v) is 10.4. The summed E-state index contributed by atoms with van der Waals surface area (Å²) in [6.45, 7) is 1.03. The quantitative estimate of drug-likeness (QED) is 0.473. The summed E-state index contributed by atoms with van der Waals surface area (Å²) < 4.78 is 7.12. The molecular formula is C22H21N5O2S. The summed E-state index contributed by atoms with van der Waals surface area (Å²) in [6, 6.07) is 11.6. The highest BCUT2D eigenvalue weighted by atomic mass is 32.1. The second-order valence-electron chi connectivity index (χ2n) is 6.58. The molecule has 4 rings (SSSR count). The van der Waals surface area contributed by atoms with Crippen molar-refractivity contribution in [1.29, 1.82) is 0 Å². The Morgan fingerprint density at radius 3 is 2.90 bits per heavy atom. The topological polar surface area (TPSA) is 81.9 Å². The summed E-state index contributed by atoms with van der Waals surface area (Å²) in [5.41, 5.74) is 3.59. The van der Waals surface area contributed by atoms with E-state index in [1.165, 1.54) is 0 Å². The normalized spacial score (nSPS) is 10.7. The van der Waals surface area contributed by atoms with Crippen molar-refractivity contribution in [2.75, 3.05) is 13.7 Å². The Labute approximate surface area is 178 Å². The van der Waals surface area contributed by atoms with Crippen LogP contribution in [0.5, 0.6) is 5.75 Å². The number of hydrogen-bond donors (Lipinski definition) is 1. The minimum atomic E-state index is -0.0396. The van der Waals surface area contributed by atoms with Crippen LogP contribution in [0.2, 0.25) is 0 Å². The predicted octanol–water partition coefficient (Wildman–Crippen LogP) is 3.44. The molecule has 0 aliphatic carbocycles. The smallest absolute Gasteiger partial charge is 0.224 e. The van der Waals surface area contributed by atoms with Crippen LogP contribution >= 0.6 is 11.3 Å². The average molecular weight is 420 g/mol. The molecule has 0 aliphatic heterocycles. The van der Waals surface area contributed by atoms with E-state index < -0.39 is 0 Å². The summed E-state index contributed by atoms with van der Waals surface area (Å²) in [6.07, 6.45) is 7.16. The molecule has 0 spiro atoms. The monoisotopic (exact) mass is 419 g/mol. The molecule has 0 radical (unpaired) electrons. The van der Waals surface area contributed by atoms with Crippen LogP contribution in [-0.2, 0) is 17.8 Å². The van der Waals surface area contributed by atoms with Crippen molar-refractivity contribution < 1.29 is 9.53 Å². The van der Waals surface area contributed by atoms with Crippen LogP contribution in [0.4, 0.5) is 0 Å². The number of nitrogens with zero attached hydrogens (tertiary/aromatic N) is 4. The van der Waals surface area contributed by atoms with Gasteiger partial charge in [0.1, 0.15) is 5.75 Å². The van der Waals surface area contributed by atoms with Crippen molar-refractivity contribution in [2.45, 2.75) is 13.0 Å². The van der Waals surface area contributed by atoms with E-state index in [2.05, 4.69) is 26.4 Å². The number of nitrogens with one attached hydrogen (secondary N) is 1. The van der Waals surface area contributed by atoms with Gasteiger partial charge in [0, 0.05) is 24.5 Å². The molecule has 3 aromatic heterocycles. The van der Waals surface area contributed by atoms with E-state index in [9.17, 15) is 4.79 Å². The number of hydrogen-bond acceptors (Lipinski definition) is 6. The molecule has 3 heterocycles. The molecule has 1 amide bonds. The van der Waals surface area contributed by atoms with Gasteiger partial charge in [-0.25, -0.2) is 0 Å². The number of amides is 1. The van der Waals surface area contributed by atoms with Crippen molar-refractivity contribution in [1.82, 2.24) is 25.1 Å². The van der Waals surface area contributed by atoms with Crippen molar-refractivity contribution in [3.63, 3.8) is 0 Å². The predicted molar refractivity (Wildman–Crippen MR) is 116 cm³/mol. The lowest BCUT2D eigenvalue weighted by molar-refractivity contribution is -0.120. The van der Waals surface area contributed by atoms with E-state index >= 15 is 0 Å². The van der Waals surface area contributed by atoms with Gasteiger partial charge in [0.25, 0.3) is 0 Å². The number of carbonyl (C=O) groups excluding carboxylic acids is 1. The van der Waals surface area contributed by atoms with Crippen LogP contribution in [-0.4, -0.2) is 39.3 Å². The molecule has 0 saturated heterocycles. The van der Waals surface area contributed by atoms with Gasteiger partial charge in [0.15, 0.2) is 0 Å². The SMILES string of the molecule is COc1cccc(CC(=O)NCCn2ncc(-c3cnccn3)c2-c2cccs2)c1. The third-order valence-corrected chi connectivity index (χ3v) is 5.45. The summed E-state index contributed by atoms with van der Waals surface area (Å²) >= 11 is 1.64. The Balaban J connectivity index is 1.45. The molecule has 0 aliphatic rings. The molecule has 1 aromatic carbocycles. The van der Waals surface area contributed by atoms with E-state index in [0.717, 1.165) is 33.1 Å². The number of rotatable bonds is 8. The Morgan fingerprint density at radius 2 is 2.13 bits per heavy atom. The maximum absolute atomic E-state index is 12.3. The maximum atomic E-state index is 12.3. The second-order valence-corrected chi connectivity index (χ2v) is 7.52. The number of carbonyl (C=O) groups is 1. The van der Waals surface area contributed by atoms with Crippen molar-refractivity contribution >= 4 is 17.2 Å². The molecule has 0 atom stereocenters. The van der Waals surface area contributed by atoms with Gasteiger partial charge >= 0.3 is 0 Å². The molecule has 4 aromatic rings. The van der Waals surface area contributed by atoms with Crippen LogP contribution < -0.4 is 10.1 Å². The number of aromatic nitrogens is 4. The molecule has 8 heteroatoms. The van der Waals surface area contributed by atoms with Gasteiger partial charge in [-0.2, -0.15) is 5.10 Å². The van der Waals surface area contributed by atoms with Gasteiger partial charge in [-0.05, 0) is 29.1 Å². The minimum Gasteiger partial charge on any atom is -0.497 e. The zero-order valence-corrected chi connectivity index (χ0v) is 17.3. The summed E-state index contributed by atoms with van der Waals surface area (Å²) in [5, 5.41) is 9.54. The lowest BCUT2D eigenvalue weighted by atomic mass is 10.1. The maximum Gasteiger partial charge on any atom is 0.224 e.